The Morgan fingerprint density at radius 3 is 2.11 bits per heavy atom. The van der Waals surface area contributed by atoms with Crippen molar-refractivity contribution in [2.24, 2.45) is 5.73 Å². The molecular formula is C14H13Cl2NS. The summed E-state index contributed by atoms with van der Waals surface area (Å²) in [5, 5.41) is 1.15. The molecule has 0 spiro atoms. The van der Waals surface area contributed by atoms with E-state index in [9.17, 15) is 0 Å². The fraction of sp³-hybridized carbons (Fsp3) is 0.143. The second-order valence-corrected chi connectivity index (χ2v) is 6.00. The molecule has 1 nitrogen and oxygen atoms in total. The third-order valence-corrected chi connectivity index (χ3v) is 4.27. The van der Waals surface area contributed by atoms with E-state index in [1.54, 1.807) is 11.8 Å². The monoisotopic (exact) mass is 297 g/mol. The molecule has 0 fully saturated rings. The highest BCUT2D eigenvalue weighted by atomic mass is 35.5. The lowest BCUT2D eigenvalue weighted by Gasteiger charge is -2.07. The maximum absolute atomic E-state index is 5.99. The number of hydrogen-bond donors (Lipinski definition) is 1. The second-order valence-electron chi connectivity index (χ2n) is 4.04. The van der Waals surface area contributed by atoms with Gasteiger partial charge in [0.1, 0.15) is 0 Å². The Labute approximate surface area is 121 Å². The van der Waals surface area contributed by atoms with Gasteiger partial charge >= 0.3 is 0 Å². The topological polar surface area (TPSA) is 26.0 Å². The molecule has 0 aliphatic heterocycles. The van der Waals surface area contributed by atoms with E-state index in [1.807, 2.05) is 37.3 Å². The fourth-order valence-electron chi connectivity index (χ4n) is 1.52. The van der Waals surface area contributed by atoms with Gasteiger partial charge in [0.15, 0.2) is 0 Å². The summed E-state index contributed by atoms with van der Waals surface area (Å²) in [6.45, 7) is 1.97. The summed E-state index contributed by atoms with van der Waals surface area (Å²) in [5.74, 6) is 0. The Morgan fingerprint density at radius 1 is 0.944 bits per heavy atom. The molecule has 0 heterocycles. The van der Waals surface area contributed by atoms with Gasteiger partial charge in [-0.25, -0.2) is 0 Å². The molecule has 0 amide bonds. The summed E-state index contributed by atoms with van der Waals surface area (Å²) in [6.07, 6.45) is 0. The molecule has 2 rings (SSSR count). The summed E-state index contributed by atoms with van der Waals surface area (Å²) in [5.41, 5.74) is 6.95. The van der Waals surface area contributed by atoms with Crippen molar-refractivity contribution in [2.45, 2.75) is 22.8 Å². The van der Waals surface area contributed by atoms with Crippen molar-refractivity contribution < 1.29 is 0 Å². The third-order valence-electron chi connectivity index (χ3n) is 2.53. The minimum Gasteiger partial charge on any atom is -0.324 e. The van der Waals surface area contributed by atoms with E-state index in [0.717, 1.165) is 15.4 Å². The molecule has 4 heteroatoms. The van der Waals surface area contributed by atoms with Crippen LogP contribution < -0.4 is 5.73 Å². The van der Waals surface area contributed by atoms with Crippen molar-refractivity contribution in [3.05, 3.63) is 58.1 Å². The van der Waals surface area contributed by atoms with Gasteiger partial charge in [-0.3, -0.25) is 0 Å². The van der Waals surface area contributed by atoms with Gasteiger partial charge in [-0.1, -0.05) is 47.1 Å². The highest BCUT2D eigenvalue weighted by Gasteiger charge is 2.03. The van der Waals surface area contributed by atoms with Crippen LogP contribution in [0.2, 0.25) is 10.0 Å². The summed E-state index contributed by atoms with van der Waals surface area (Å²) >= 11 is 13.5. The van der Waals surface area contributed by atoms with Crippen LogP contribution in [0.5, 0.6) is 0 Å². The quantitative estimate of drug-likeness (QED) is 0.846. The van der Waals surface area contributed by atoms with Crippen molar-refractivity contribution in [1.82, 2.24) is 0 Å². The molecule has 0 saturated heterocycles. The first-order valence-electron chi connectivity index (χ1n) is 5.54. The van der Waals surface area contributed by atoms with Crippen molar-refractivity contribution in [3.63, 3.8) is 0 Å². The molecule has 0 unspecified atom stereocenters. The van der Waals surface area contributed by atoms with Crippen LogP contribution in [0.25, 0.3) is 0 Å². The smallest absolute Gasteiger partial charge is 0.0603 e. The van der Waals surface area contributed by atoms with Crippen molar-refractivity contribution in [3.8, 4) is 0 Å². The maximum Gasteiger partial charge on any atom is 0.0603 e. The van der Waals surface area contributed by atoms with Gasteiger partial charge in [0.2, 0.25) is 0 Å². The van der Waals surface area contributed by atoms with Crippen molar-refractivity contribution >= 4 is 35.0 Å². The maximum atomic E-state index is 5.99. The fourth-order valence-corrected chi connectivity index (χ4v) is 2.74. The first kappa shape index (κ1) is 13.8. The average molecular weight is 298 g/mol. The number of nitrogens with two attached hydrogens (primary N) is 1. The molecule has 94 valence electrons. The van der Waals surface area contributed by atoms with Gasteiger partial charge in [0, 0.05) is 15.8 Å². The molecule has 0 aliphatic carbocycles. The first-order chi connectivity index (χ1) is 8.56. The van der Waals surface area contributed by atoms with Crippen molar-refractivity contribution in [2.75, 3.05) is 0 Å². The van der Waals surface area contributed by atoms with Crippen molar-refractivity contribution in [1.29, 1.82) is 0 Å². The van der Waals surface area contributed by atoms with Gasteiger partial charge in [0.05, 0.1) is 10.0 Å². The van der Waals surface area contributed by atoms with Crippen LogP contribution in [0.4, 0.5) is 0 Å². The van der Waals surface area contributed by atoms with Crippen LogP contribution in [-0.2, 0) is 0 Å². The summed E-state index contributed by atoms with van der Waals surface area (Å²) in [4.78, 5) is 2.22. The van der Waals surface area contributed by atoms with Gasteiger partial charge in [-0.2, -0.15) is 0 Å². The van der Waals surface area contributed by atoms with E-state index < -0.39 is 0 Å². The van der Waals surface area contributed by atoms with Gasteiger partial charge in [-0.05, 0) is 42.8 Å². The lowest BCUT2D eigenvalue weighted by Crippen LogP contribution is -2.04. The SMILES string of the molecule is C[C@H](N)c1ccc(Sc2ccc(Cl)c(Cl)c2)cc1. The molecule has 0 aliphatic rings. The Morgan fingerprint density at radius 2 is 1.56 bits per heavy atom. The summed E-state index contributed by atoms with van der Waals surface area (Å²) in [7, 11) is 0. The zero-order valence-electron chi connectivity index (χ0n) is 9.86. The molecule has 0 aromatic heterocycles. The molecule has 2 aromatic rings. The minimum atomic E-state index is 0.0639. The molecule has 0 radical (unpaired) electrons. The normalized spacial score (nSPS) is 12.4. The molecule has 2 aromatic carbocycles. The van der Waals surface area contributed by atoms with Crippen LogP contribution in [0, 0.1) is 0 Å². The van der Waals surface area contributed by atoms with E-state index in [0.29, 0.717) is 10.0 Å². The molecule has 1 atom stereocenters. The Balaban J connectivity index is 2.15. The molecule has 0 saturated carbocycles. The van der Waals surface area contributed by atoms with E-state index in [-0.39, 0.29) is 6.04 Å². The first-order valence-corrected chi connectivity index (χ1v) is 7.12. The molecule has 18 heavy (non-hydrogen) atoms. The van der Waals surface area contributed by atoms with E-state index in [1.165, 1.54) is 0 Å². The van der Waals surface area contributed by atoms with E-state index >= 15 is 0 Å². The zero-order valence-corrected chi connectivity index (χ0v) is 12.2. The van der Waals surface area contributed by atoms with E-state index in [4.69, 9.17) is 28.9 Å². The van der Waals surface area contributed by atoms with Crippen LogP contribution in [0.1, 0.15) is 18.5 Å². The van der Waals surface area contributed by atoms with Crippen LogP contribution >= 0.6 is 35.0 Å². The largest absolute Gasteiger partial charge is 0.324 e. The van der Waals surface area contributed by atoms with Crippen LogP contribution in [-0.4, -0.2) is 0 Å². The van der Waals surface area contributed by atoms with E-state index in [2.05, 4.69) is 12.1 Å². The molecule has 0 bridgehead atoms. The lowest BCUT2D eigenvalue weighted by molar-refractivity contribution is 0.817. The van der Waals surface area contributed by atoms with Gasteiger partial charge < -0.3 is 5.73 Å². The molecular weight excluding hydrogens is 285 g/mol. The predicted molar refractivity (Wildman–Crippen MR) is 79.6 cm³/mol. The predicted octanol–water partition coefficient (Wildman–Crippen LogP) is 5.16. The highest BCUT2D eigenvalue weighted by Crippen LogP contribution is 2.32. The molecule has 2 N–H and O–H groups in total. The second kappa shape index (κ2) is 5.98. The van der Waals surface area contributed by atoms with Gasteiger partial charge in [-0.15, -0.1) is 0 Å². The number of hydrogen-bond acceptors (Lipinski definition) is 2. The van der Waals surface area contributed by atoms with Crippen LogP contribution in [0.3, 0.4) is 0 Å². The van der Waals surface area contributed by atoms with Gasteiger partial charge in [0.25, 0.3) is 0 Å². The zero-order chi connectivity index (χ0) is 13.1. The number of rotatable bonds is 3. The number of halogens is 2. The standard InChI is InChI=1S/C14H13Cl2NS/c1-9(17)10-2-4-11(5-3-10)18-12-6-7-13(15)14(16)8-12/h2-9H,17H2,1H3/t9-/m0/s1. The minimum absolute atomic E-state index is 0.0639. The Bertz CT molecular complexity index is 538. The highest BCUT2D eigenvalue weighted by molar-refractivity contribution is 7.99. The Kier molecular flexibility index (Phi) is 4.57. The average Bonchev–Trinajstić information content (AvgIpc) is 2.34. The summed E-state index contributed by atoms with van der Waals surface area (Å²) < 4.78 is 0. The van der Waals surface area contributed by atoms with Crippen LogP contribution in [0.15, 0.2) is 52.3 Å². The number of benzene rings is 2. The Hall–Kier alpha value is -0.670. The lowest BCUT2D eigenvalue weighted by atomic mass is 10.1. The third kappa shape index (κ3) is 3.42. The summed E-state index contributed by atoms with van der Waals surface area (Å²) in [6, 6.07) is 13.9.